The topological polar surface area (TPSA) is 67.8 Å². The Labute approximate surface area is 153 Å². The molecule has 26 heavy (non-hydrogen) atoms. The van der Waals surface area contributed by atoms with E-state index in [2.05, 4.69) is 20.6 Å². The van der Waals surface area contributed by atoms with E-state index in [-0.39, 0.29) is 5.82 Å². The van der Waals surface area contributed by atoms with Crippen LogP contribution < -0.4 is 15.4 Å². The fourth-order valence-corrected chi connectivity index (χ4v) is 2.17. The molecule has 2 rings (SSSR count). The zero-order valence-electron chi connectivity index (χ0n) is 15.4. The van der Waals surface area contributed by atoms with E-state index in [9.17, 15) is 4.39 Å². The predicted molar refractivity (Wildman–Crippen MR) is 99.8 cm³/mol. The largest absolute Gasteiger partial charge is 0.475 e. The van der Waals surface area contributed by atoms with Crippen LogP contribution in [0.1, 0.15) is 16.7 Å². The van der Waals surface area contributed by atoms with Gasteiger partial charge in [-0.1, -0.05) is 18.2 Å². The van der Waals surface area contributed by atoms with Crippen LogP contribution >= 0.6 is 0 Å². The molecule has 140 valence electrons. The average molecular weight is 360 g/mol. The van der Waals surface area contributed by atoms with Crippen molar-refractivity contribution < 1.29 is 13.9 Å². The summed E-state index contributed by atoms with van der Waals surface area (Å²) < 4.78 is 23.9. The molecule has 0 fully saturated rings. The van der Waals surface area contributed by atoms with Gasteiger partial charge in [-0.15, -0.1) is 0 Å². The van der Waals surface area contributed by atoms with Crippen LogP contribution in [0.4, 0.5) is 4.39 Å². The summed E-state index contributed by atoms with van der Waals surface area (Å²) in [5, 5.41) is 6.36. The molecule has 0 atom stereocenters. The Hall–Kier alpha value is -2.67. The third-order valence-corrected chi connectivity index (χ3v) is 3.71. The first-order chi connectivity index (χ1) is 12.6. The monoisotopic (exact) mass is 360 g/mol. The normalized spacial score (nSPS) is 11.3. The van der Waals surface area contributed by atoms with Gasteiger partial charge in [0.05, 0.1) is 6.61 Å². The van der Waals surface area contributed by atoms with Crippen molar-refractivity contribution in [2.24, 2.45) is 4.99 Å². The van der Waals surface area contributed by atoms with Gasteiger partial charge in [0, 0.05) is 39.5 Å². The summed E-state index contributed by atoms with van der Waals surface area (Å²) in [5.74, 6) is 0.993. The third-order valence-electron chi connectivity index (χ3n) is 3.71. The number of methoxy groups -OCH3 is 1. The first-order valence-corrected chi connectivity index (χ1v) is 8.38. The number of halogens is 1. The van der Waals surface area contributed by atoms with Crippen molar-refractivity contribution in [3.63, 3.8) is 0 Å². The number of aromatic nitrogens is 1. The lowest BCUT2D eigenvalue weighted by molar-refractivity contribution is 0.143. The molecular formula is C19H25FN4O2. The van der Waals surface area contributed by atoms with Crippen molar-refractivity contribution in [2.45, 2.75) is 20.0 Å². The lowest BCUT2D eigenvalue weighted by atomic mass is 10.1. The van der Waals surface area contributed by atoms with E-state index in [0.717, 1.165) is 11.1 Å². The minimum Gasteiger partial charge on any atom is -0.475 e. The van der Waals surface area contributed by atoms with Crippen LogP contribution in [0.2, 0.25) is 0 Å². The summed E-state index contributed by atoms with van der Waals surface area (Å²) in [5.41, 5.74) is 2.49. The maximum Gasteiger partial charge on any atom is 0.213 e. The number of aliphatic imine (C=N–C) groups is 1. The molecule has 0 aliphatic heterocycles. The summed E-state index contributed by atoms with van der Waals surface area (Å²) >= 11 is 0. The van der Waals surface area contributed by atoms with Gasteiger partial charge in [0.15, 0.2) is 5.96 Å². The van der Waals surface area contributed by atoms with Gasteiger partial charge < -0.3 is 20.1 Å². The SMILES string of the molecule is CN=C(NCc1ccc(OCCOC)nc1)NCc1ccc(C)c(F)c1. The summed E-state index contributed by atoms with van der Waals surface area (Å²) in [6.07, 6.45) is 1.75. The fourth-order valence-electron chi connectivity index (χ4n) is 2.17. The zero-order chi connectivity index (χ0) is 18.8. The lowest BCUT2D eigenvalue weighted by Crippen LogP contribution is -2.36. The van der Waals surface area contributed by atoms with Gasteiger partial charge in [-0.3, -0.25) is 4.99 Å². The number of rotatable bonds is 8. The zero-order valence-corrected chi connectivity index (χ0v) is 15.4. The maximum atomic E-state index is 13.6. The summed E-state index contributed by atoms with van der Waals surface area (Å²) in [6, 6.07) is 8.94. The van der Waals surface area contributed by atoms with Crippen LogP contribution in [0.3, 0.4) is 0 Å². The van der Waals surface area contributed by atoms with Crippen LogP contribution in [0.15, 0.2) is 41.5 Å². The molecule has 0 spiro atoms. The Kier molecular flexibility index (Phi) is 7.82. The standard InChI is InChI=1S/C19H25FN4O2/c1-14-4-5-15(10-17(14)20)11-23-19(21-2)24-13-16-6-7-18(22-12-16)26-9-8-25-3/h4-7,10,12H,8-9,11,13H2,1-3H3,(H2,21,23,24). The van der Waals surface area contributed by atoms with Crippen molar-refractivity contribution in [1.82, 2.24) is 15.6 Å². The van der Waals surface area contributed by atoms with E-state index >= 15 is 0 Å². The first kappa shape index (κ1) is 19.7. The van der Waals surface area contributed by atoms with E-state index in [1.807, 2.05) is 18.2 Å². The summed E-state index contributed by atoms with van der Waals surface area (Å²) in [6.45, 7) is 3.79. The Morgan fingerprint density at radius 3 is 2.46 bits per heavy atom. The number of benzene rings is 1. The number of guanidine groups is 1. The van der Waals surface area contributed by atoms with Gasteiger partial charge in [0.2, 0.25) is 5.88 Å². The number of aryl methyl sites for hydroxylation is 1. The van der Waals surface area contributed by atoms with Gasteiger partial charge in [-0.05, 0) is 29.7 Å². The van der Waals surface area contributed by atoms with Gasteiger partial charge in [0.1, 0.15) is 12.4 Å². The molecule has 0 saturated carbocycles. The van der Waals surface area contributed by atoms with Crippen LogP contribution in [0, 0.1) is 12.7 Å². The summed E-state index contributed by atoms with van der Waals surface area (Å²) in [7, 11) is 3.32. The number of nitrogens with one attached hydrogen (secondary N) is 2. The van der Waals surface area contributed by atoms with E-state index < -0.39 is 0 Å². The quantitative estimate of drug-likeness (QED) is 0.430. The Morgan fingerprint density at radius 1 is 1.12 bits per heavy atom. The Bertz CT molecular complexity index is 720. The van der Waals surface area contributed by atoms with Crippen LogP contribution in [0.25, 0.3) is 0 Å². The lowest BCUT2D eigenvalue weighted by Gasteiger charge is -2.12. The number of ether oxygens (including phenoxy) is 2. The van der Waals surface area contributed by atoms with E-state index in [4.69, 9.17) is 9.47 Å². The van der Waals surface area contributed by atoms with Gasteiger partial charge in [-0.2, -0.15) is 0 Å². The van der Waals surface area contributed by atoms with Crippen molar-refractivity contribution in [1.29, 1.82) is 0 Å². The van der Waals surface area contributed by atoms with Gasteiger partial charge >= 0.3 is 0 Å². The number of hydrogen-bond acceptors (Lipinski definition) is 4. The Morgan fingerprint density at radius 2 is 1.85 bits per heavy atom. The van der Waals surface area contributed by atoms with Crippen LogP contribution in [0.5, 0.6) is 5.88 Å². The molecule has 7 heteroatoms. The highest BCUT2D eigenvalue weighted by Gasteiger charge is 2.03. The number of nitrogens with zero attached hydrogens (tertiary/aromatic N) is 2. The molecule has 1 heterocycles. The van der Waals surface area contributed by atoms with E-state index in [1.54, 1.807) is 33.3 Å². The molecule has 1 aromatic heterocycles. The number of hydrogen-bond donors (Lipinski definition) is 2. The molecule has 0 aliphatic carbocycles. The van der Waals surface area contributed by atoms with Crippen molar-refractivity contribution in [2.75, 3.05) is 27.4 Å². The van der Waals surface area contributed by atoms with Gasteiger partial charge in [0.25, 0.3) is 0 Å². The minimum atomic E-state index is -0.203. The van der Waals surface area contributed by atoms with Crippen molar-refractivity contribution in [3.05, 3.63) is 59.0 Å². The van der Waals surface area contributed by atoms with Crippen LogP contribution in [-0.4, -0.2) is 38.3 Å². The Balaban J connectivity index is 1.80. The molecule has 0 aliphatic rings. The molecule has 0 unspecified atom stereocenters. The molecule has 2 N–H and O–H groups in total. The van der Waals surface area contributed by atoms with E-state index in [0.29, 0.717) is 43.7 Å². The highest BCUT2D eigenvalue weighted by Crippen LogP contribution is 2.09. The second-order valence-corrected chi connectivity index (χ2v) is 5.71. The average Bonchev–Trinajstić information content (AvgIpc) is 2.66. The minimum absolute atomic E-state index is 0.203. The molecule has 6 nitrogen and oxygen atoms in total. The second kappa shape index (κ2) is 10.4. The predicted octanol–water partition coefficient (Wildman–Crippen LogP) is 2.42. The third kappa shape index (κ3) is 6.33. The molecule has 0 saturated heterocycles. The molecule has 0 amide bonds. The molecule has 0 radical (unpaired) electrons. The highest BCUT2D eigenvalue weighted by molar-refractivity contribution is 5.79. The molecular weight excluding hydrogens is 335 g/mol. The molecule has 1 aromatic carbocycles. The highest BCUT2D eigenvalue weighted by atomic mass is 19.1. The molecule has 2 aromatic rings. The second-order valence-electron chi connectivity index (χ2n) is 5.71. The van der Waals surface area contributed by atoms with Crippen molar-refractivity contribution >= 4 is 5.96 Å². The van der Waals surface area contributed by atoms with E-state index in [1.165, 1.54) is 6.07 Å². The smallest absolute Gasteiger partial charge is 0.213 e. The molecule has 0 bridgehead atoms. The maximum absolute atomic E-state index is 13.6. The fraction of sp³-hybridized carbons (Fsp3) is 0.368. The van der Waals surface area contributed by atoms with Crippen molar-refractivity contribution in [3.8, 4) is 5.88 Å². The van der Waals surface area contributed by atoms with Gasteiger partial charge in [-0.25, -0.2) is 9.37 Å². The van der Waals surface area contributed by atoms with Crippen LogP contribution in [-0.2, 0) is 17.8 Å². The first-order valence-electron chi connectivity index (χ1n) is 8.38. The number of pyridine rings is 1. The summed E-state index contributed by atoms with van der Waals surface area (Å²) in [4.78, 5) is 8.41.